The van der Waals surface area contributed by atoms with Crippen LogP contribution < -0.4 is 14.7 Å². The van der Waals surface area contributed by atoms with E-state index in [0.717, 1.165) is 33.8 Å². The average Bonchev–Trinajstić information content (AvgIpc) is 3.48. The summed E-state index contributed by atoms with van der Waals surface area (Å²) in [6.07, 6.45) is 0. The summed E-state index contributed by atoms with van der Waals surface area (Å²) >= 11 is 0. The van der Waals surface area contributed by atoms with Crippen molar-refractivity contribution in [2.75, 3.05) is 20.2 Å². The van der Waals surface area contributed by atoms with Crippen molar-refractivity contribution < 1.29 is 17.3 Å². The summed E-state index contributed by atoms with van der Waals surface area (Å²) < 4.78 is 35.2. The summed E-state index contributed by atoms with van der Waals surface area (Å²) in [6.45, 7) is 4.44. The van der Waals surface area contributed by atoms with Gasteiger partial charge in [0.25, 0.3) is 0 Å². The number of hydrogen-bond acceptors (Lipinski definition) is 8. The number of nitrogens with zero attached hydrogens (tertiary/aromatic N) is 3. The van der Waals surface area contributed by atoms with E-state index in [0.29, 0.717) is 19.0 Å². The molecule has 0 radical (unpaired) electrons. The fourth-order valence-electron chi connectivity index (χ4n) is 4.52. The second-order valence-corrected chi connectivity index (χ2v) is 11.1. The molecule has 1 unspecified atom stereocenters. The molecule has 0 aromatic heterocycles. The lowest BCUT2D eigenvalue weighted by molar-refractivity contribution is 0.415. The maximum Gasteiger partial charge on any atom is 0.311 e. The molecule has 2 heterocycles. The Labute approximate surface area is 211 Å². The fourth-order valence-corrected chi connectivity index (χ4v) is 5.10. The highest BCUT2D eigenvalue weighted by molar-refractivity contribution is 7.87. The van der Waals surface area contributed by atoms with Crippen LogP contribution in [-0.4, -0.2) is 50.6 Å². The van der Waals surface area contributed by atoms with Crippen molar-refractivity contribution in [3.63, 3.8) is 0 Å². The Kier molecular flexibility index (Phi) is 5.96. The number of nitrogens with two attached hydrogens (primary N) is 1. The van der Waals surface area contributed by atoms with Crippen LogP contribution in [0, 0.1) is 0 Å². The van der Waals surface area contributed by atoms with Crippen molar-refractivity contribution in [1.82, 2.24) is 4.90 Å². The molecule has 0 amide bonds. The predicted octanol–water partition coefficient (Wildman–Crippen LogP) is 3.77. The number of amidine groups is 1. The molecule has 2 aliphatic rings. The van der Waals surface area contributed by atoms with Crippen LogP contribution in [0.5, 0.6) is 11.5 Å². The molecule has 3 aromatic carbocycles. The van der Waals surface area contributed by atoms with E-state index in [1.807, 2.05) is 59.5 Å². The fraction of sp³-hybridized carbons (Fsp3) is 0.259. The highest BCUT2D eigenvalue weighted by atomic mass is 32.2. The average molecular weight is 505 g/mol. The second-order valence-electron chi connectivity index (χ2n) is 9.00. The molecule has 9 heteroatoms. The van der Waals surface area contributed by atoms with Gasteiger partial charge in [-0.15, -0.1) is 0 Å². The van der Waals surface area contributed by atoms with E-state index in [1.54, 1.807) is 33.1 Å². The van der Waals surface area contributed by atoms with Crippen molar-refractivity contribution in [1.29, 1.82) is 0 Å². The van der Waals surface area contributed by atoms with Crippen LogP contribution in [0.4, 0.5) is 0 Å². The zero-order valence-electron chi connectivity index (χ0n) is 20.4. The number of aliphatic imine (C=N–C) groups is 2. The first-order valence-corrected chi connectivity index (χ1v) is 13.2. The first-order valence-electron chi connectivity index (χ1n) is 11.7. The Morgan fingerprint density at radius 1 is 0.944 bits per heavy atom. The minimum atomic E-state index is -3.71. The minimum absolute atomic E-state index is 0.243. The number of methoxy groups -OCH3 is 1. The predicted molar refractivity (Wildman–Crippen MR) is 141 cm³/mol. The molecule has 186 valence electrons. The van der Waals surface area contributed by atoms with Gasteiger partial charge >= 0.3 is 10.1 Å². The number of guanidine groups is 1. The van der Waals surface area contributed by atoms with Crippen molar-refractivity contribution in [2.24, 2.45) is 15.7 Å². The Morgan fingerprint density at radius 2 is 1.64 bits per heavy atom. The van der Waals surface area contributed by atoms with Gasteiger partial charge in [-0.3, -0.25) is 9.89 Å². The smallest absolute Gasteiger partial charge is 0.311 e. The summed E-state index contributed by atoms with van der Waals surface area (Å²) in [7, 11) is -2.06. The molecule has 2 aliphatic heterocycles. The standard InChI is InChI=1S/C27H28N4O4S/c1-18(2)36(32,33)35-23-12-10-21(11-13-23)27(25-29-14-15-31(25)26(28)30-27)22-8-4-6-19(16-22)20-7-5-9-24(17-20)34-3/h4-13,16-18H,14-15H2,1-3H3,(H2,28,30). The Bertz CT molecular complexity index is 1470. The van der Waals surface area contributed by atoms with Gasteiger partial charge in [-0.1, -0.05) is 42.5 Å². The quantitative estimate of drug-likeness (QED) is 0.491. The molecule has 1 atom stereocenters. The molecular weight excluding hydrogens is 476 g/mol. The minimum Gasteiger partial charge on any atom is -0.497 e. The van der Waals surface area contributed by atoms with Crippen LogP contribution in [0.2, 0.25) is 0 Å². The van der Waals surface area contributed by atoms with Gasteiger partial charge in [-0.25, -0.2) is 4.99 Å². The van der Waals surface area contributed by atoms with Gasteiger partial charge in [0.1, 0.15) is 17.3 Å². The van der Waals surface area contributed by atoms with Gasteiger partial charge in [0.2, 0.25) is 0 Å². The number of ether oxygens (including phenoxy) is 1. The van der Waals surface area contributed by atoms with E-state index in [2.05, 4.69) is 6.07 Å². The van der Waals surface area contributed by atoms with E-state index in [-0.39, 0.29) is 5.75 Å². The van der Waals surface area contributed by atoms with Crippen molar-refractivity contribution in [2.45, 2.75) is 24.6 Å². The monoisotopic (exact) mass is 504 g/mol. The molecule has 0 saturated carbocycles. The van der Waals surface area contributed by atoms with E-state index >= 15 is 0 Å². The second kappa shape index (κ2) is 8.98. The Morgan fingerprint density at radius 3 is 2.33 bits per heavy atom. The zero-order chi connectivity index (χ0) is 25.5. The Balaban J connectivity index is 1.62. The number of benzene rings is 3. The van der Waals surface area contributed by atoms with E-state index in [1.165, 1.54) is 0 Å². The van der Waals surface area contributed by atoms with Crippen molar-refractivity contribution >= 4 is 21.9 Å². The van der Waals surface area contributed by atoms with Gasteiger partial charge in [-0.05, 0) is 66.4 Å². The van der Waals surface area contributed by atoms with Crippen LogP contribution in [0.25, 0.3) is 11.1 Å². The first kappa shape index (κ1) is 23.9. The van der Waals surface area contributed by atoms with Crippen LogP contribution in [0.1, 0.15) is 25.0 Å². The topological polar surface area (TPSA) is 107 Å². The molecule has 2 N–H and O–H groups in total. The van der Waals surface area contributed by atoms with Crippen LogP contribution in [0.3, 0.4) is 0 Å². The van der Waals surface area contributed by atoms with Gasteiger partial charge in [0.15, 0.2) is 11.5 Å². The third-order valence-corrected chi connectivity index (χ3v) is 8.05. The van der Waals surface area contributed by atoms with Gasteiger partial charge in [0, 0.05) is 6.54 Å². The number of hydrogen-bond donors (Lipinski definition) is 1. The van der Waals surface area contributed by atoms with Crippen LogP contribution in [-0.2, 0) is 15.7 Å². The number of rotatable bonds is 7. The third-order valence-electron chi connectivity index (χ3n) is 6.47. The van der Waals surface area contributed by atoms with Gasteiger partial charge < -0.3 is 14.7 Å². The first-order chi connectivity index (χ1) is 17.2. The summed E-state index contributed by atoms with van der Waals surface area (Å²) in [5, 5.41) is -0.650. The lowest BCUT2D eigenvalue weighted by Crippen LogP contribution is -2.41. The summed E-state index contributed by atoms with van der Waals surface area (Å²) in [5.41, 5.74) is 9.13. The summed E-state index contributed by atoms with van der Waals surface area (Å²) in [5.74, 6) is 2.17. The van der Waals surface area contributed by atoms with Gasteiger partial charge in [-0.2, -0.15) is 8.42 Å². The molecule has 36 heavy (non-hydrogen) atoms. The highest BCUT2D eigenvalue weighted by Crippen LogP contribution is 2.43. The molecular formula is C27H28N4O4S. The molecule has 0 spiro atoms. The maximum absolute atomic E-state index is 12.2. The molecule has 3 aromatic rings. The molecule has 0 aliphatic carbocycles. The zero-order valence-corrected chi connectivity index (χ0v) is 21.2. The van der Waals surface area contributed by atoms with Crippen LogP contribution >= 0.6 is 0 Å². The lowest BCUT2D eigenvalue weighted by Gasteiger charge is -2.29. The Hall–Kier alpha value is -3.85. The van der Waals surface area contributed by atoms with Crippen molar-refractivity contribution in [3.8, 4) is 22.6 Å². The lowest BCUT2D eigenvalue weighted by atomic mass is 9.81. The van der Waals surface area contributed by atoms with Gasteiger partial charge in [0.05, 0.1) is 18.9 Å². The molecule has 8 nitrogen and oxygen atoms in total. The number of fused-ring (bicyclic) bond motifs is 1. The maximum atomic E-state index is 12.2. The van der Waals surface area contributed by atoms with E-state index in [9.17, 15) is 8.42 Å². The largest absolute Gasteiger partial charge is 0.497 e. The summed E-state index contributed by atoms with van der Waals surface area (Å²) in [6, 6.07) is 22.9. The molecule has 0 saturated heterocycles. The van der Waals surface area contributed by atoms with Crippen LogP contribution in [0.15, 0.2) is 82.8 Å². The highest BCUT2D eigenvalue weighted by Gasteiger charge is 2.50. The molecule has 0 bridgehead atoms. The normalized spacial score (nSPS) is 19.2. The van der Waals surface area contributed by atoms with Crippen molar-refractivity contribution in [3.05, 3.63) is 83.9 Å². The SMILES string of the molecule is COc1cccc(-c2cccc(C3(c4ccc(OS(=O)(=O)C(C)C)cc4)N=C(N)N4CCN=C43)c2)c1. The van der Waals surface area contributed by atoms with E-state index < -0.39 is 20.9 Å². The summed E-state index contributed by atoms with van der Waals surface area (Å²) in [4.78, 5) is 11.7. The molecule has 5 rings (SSSR count). The van der Waals surface area contributed by atoms with E-state index in [4.69, 9.17) is 24.6 Å². The molecule has 0 fully saturated rings. The third kappa shape index (κ3) is 3.99.